The first-order valence-corrected chi connectivity index (χ1v) is 6.29. The third kappa shape index (κ3) is 2.74. The Morgan fingerprint density at radius 2 is 1.90 bits per heavy atom. The summed E-state index contributed by atoms with van der Waals surface area (Å²) in [6, 6.07) is 11.7. The summed E-state index contributed by atoms with van der Waals surface area (Å²) in [5.74, 6) is -0.101. The lowest BCUT2D eigenvalue weighted by Crippen LogP contribution is -2.12. The van der Waals surface area contributed by atoms with Crippen LogP contribution < -0.4 is 5.32 Å². The van der Waals surface area contributed by atoms with Crippen LogP contribution in [0.25, 0.3) is 11.3 Å². The molecule has 0 aliphatic rings. The second-order valence-corrected chi connectivity index (χ2v) is 4.37. The zero-order valence-corrected chi connectivity index (χ0v) is 10.9. The van der Waals surface area contributed by atoms with Crippen LogP contribution in [0.4, 0.5) is 5.82 Å². The number of nitrogens with zero attached hydrogens (tertiary/aromatic N) is 2. The minimum absolute atomic E-state index is 0.0695. The van der Waals surface area contributed by atoms with Gasteiger partial charge in [0.1, 0.15) is 5.75 Å². The number of aromatic hydroxyl groups is 1. The molecule has 3 rings (SSSR count). The molecule has 6 nitrogen and oxygen atoms in total. The first kappa shape index (κ1) is 12.9. The van der Waals surface area contributed by atoms with E-state index in [1.807, 2.05) is 12.1 Å². The standard InChI is InChI=1S/C15H12N4O2/c20-13-4-2-1-3-11(13)15(21)17-14-9-12(18-19-14)10-5-7-16-8-6-10/h1-9,20H,(H2,17,18,19,21). The Bertz CT molecular complexity index is 768. The van der Waals surface area contributed by atoms with Crippen LogP contribution in [0, 0.1) is 0 Å². The summed E-state index contributed by atoms with van der Waals surface area (Å²) in [7, 11) is 0. The number of benzene rings is 1. The number of H-pyrrole nitrogens is 1. The van der Waals surface area contributed by atoms with Gasteiger partial charge in [-0.1, -0.05) is 12.1 Å². The molecule has 1 amide bonds. The smallest absolute Gasteiger partial charge is 0.260 e. The number of hydrogen-bond acceptors (Lipinski definition) is 4. The number of carbonyl (C=O) groups is 1. The summed E-state index contributed by atoms with van der Waals surface area (Å²) in [5.41, 5.74) is 1.89. The van der Waals surface area contributed by atoms with Crippen molar-refractivity contribution in [3.63, 3.8) is 0 Å². The molecule has 6 heteroatoms. The Balaban J connectivity index is 1.79. The zero-order chi connectivity index (χ0) is 14.7. The van der Waals surface area contributed by atoms with Crippen molar-refractivity contribution in [1.29, 1.82) is 0 Å². The van der Waals surface area contributed by atoms with Gasteiger partial charge in [-0.15, -0.1) is 0 Å². The Morgan fingerprint density at radius 1 is 1.14 bits per heavy atom. The highest BCUT2D eigenvalue weighted by atomic mass is 16.3. The van der Waals surface area contributed by atoms with E-state index in [2.05, 4.69) is 20.5 Å². The third-order valence-electron chi connectivity index (χ3n) is 2.96. The molecular weight excluding hydrogens is 268 g/mol. The number of phenols is 1. The number of amides is 1. The van der Waals surface area contributed by atoms with Crippen molar-refractivity contribution < 1.29 is 9.90 Å². The average Bonchev–Trinajstić information content (AvgIpc) is 2.97. The number of para-hydroxylation sites is 1. The van der Waals surface area contributed by atoms with E-state index in [1.165, 1.54) is 6.07 Å². The first-order chi connectivity index (χ1) is 10.2. The molecule has 21 heavy (non-hydrogen) atoms. The van der Waals surface area contributed by atoms with Gasteiger partial charge in [0.05, 0.1) is 11.3 Å². The number of carbonyl (C=O) groups excluding carboxylic acids is 1. The molecule has 0 spiro atoms. The molecule has 0 atom stereocenters. The fourth-order valence-electron chi connectivity index (χ4n) is 1.91. The molecule has 3 N–H and O–H groups in total. The minimum atomic E-state index is -0.416. The van der Waals surface area contributed by atoms with Crippen molar-refractivity contribution >= 4 is 11.7 Å². The maximum Gasteiger partial charge on any atom is 0.260 e. The van der Waals surface area contributed by atoms with E-state index in [9.17, 15) is 9.90 Å². The van der Waals surface area contributed by atoms with Crippen LogP contribution in [0.15, 0.2) is 54.9 Å². The van der Waals surface area contributed by atoms with Crippen LogP contribution in [0.2, 0.25) is 0 Å². The predicted molar refractivity (Wildman–Crippen MR) is 77.9 cm³/mol. The molecule has 104 valence electrons. The molecule has 0 unspecified atom stereocenters. The molecular formula is C15H12N4O2. The highest BCUT2D eigenvalue weighted by molar-refractivity contribution is 6.05. The Hall–Kier alpha value is -3.15. The minimum Gasteiger partial charge on any atom is -0.507 e. The van der Waals surface area contributed by atoms with Crippen molar-refractivity contribution in [3.05, 3.63) is 60.4 Å². The van der Waals surface area contributed by atoms with Crippen molar-refractivity contribution in [2.75, 3.05) is 5.32 Å². The number of phenolic OH excluding ortho intramolecular Hbond substituents is 1. The maximum atomic E-state index is 12.0. The Morgan fingerprint density at radius 3 is 2.67 bits per heavy atom. The lowest BCUT2D eigenvalue weighted by molar-refractivity contribution is 0.102. The van der Waals surface area contributed by atoms with Gasteiger partial charge in [-0.05, 0) is 24.3 Å². The third-order valence-corrected chi connectivity index (χ3v) is 2.96. The molecule has 0 saturated carbocycles. The van der Waals surface area contributed by atoms with E-state index in [-0.39, 0.29) is 11.3 Å². The lowest BCUT2D eigenvalue weighted by Gasteiger charge is -2.03. The predicted octanol–water partition coefficient (Wildman–Crippen LogP) is 2.43. The normalized spacial score (nSPS) is 10.3. The van der Waals surface area contributed by atoms with Crippen LogP contribution in [0.5, 0.6) is 5.75 Å². The monoisotopic (exact) mass is 280 g/mol. The van der Waals surface area contributed by atoms with E-state index < -0.39 is 5.91 Å². The summed E-state index contributed by atoms with van der Waals surface area (Å²) < 4.78 is 0. The molecule has 3 aromatic rings. The zero-order valence-electron chi connectivity index (χ0n) is 10.9. The second kappa shape index (κ2) is 5.46. The topological polar surface area (TPSA) is 90.9 Å². The van der Waals surface area contributed by atoms with Crippen LogP contribution in [-0.4, -0.2) is 26.2 Å². The number of aromatic nitrogens is 3. The number of hydrogen-bond donors (Lipinski definition) is 3. The molecule has 0 aliphatic carbocycles. The van der Waals surface area contributed by atoms with E-state index in [1.54, 1.807) is 36.7 Å². The number of nitrogens with one attached hydrogen (secondary N) is 2. The second-order valence-electron chi connectivity index (χ2n) is 4.37. The number of anilines is 1. The van der Waals surface area contributed by atoms with Gasteiger partial charge < -0.3 is 10.4 Å². The number of aromatic amines is 1. The van der Waals surface area contributed by atoms with Gasteiger partial charge in [0.15, 0.2) is 5.82 Å². The summed E-state index contributed by atoms with van der Waals surface area (Å²) in [5, 5.41) is 19.1. The summed E-state index contributed by atoms with van der Waals surface area (Å²) in [6.45, 7) is 0. The fraction of sp³-hybridized carbons (Fsp3) is 0. The van der Waals surface area contributed by atoms with Gasteiger partial charge in [0.25, 0.3) is 5.91 Å². The van der Waals surface area contributed by atoms with E-state index in [0.717, 1.165) is 11.3 Å². The summed E-state index contributed by atoms with van der Waals surface area (Å²) >= 11 is 0. The van der Waals surface area contributed by atoms with Gasteiger partial charge in [0, 0.05) is 24.0 Å². The van der Waals surface area contributed by atoms with E-state index >= 15 is 0 Å². The average molecular weight is 280 g/mol. The van der Waals surface area contributed by atoms with Gasteiger partial charge in [0.2, 0.25) is 0 Å². The molecule has 0 saturated heterocycles. The number of pyridine rings is 1. The van der Waals surface area contributed by atoms with Crippen molar-refractivity contribution in [3.8, 4) is 17.0 Å². The SMILES string of the molecule is O=C(Nc1cc(-c2ccncc2)[nH]n1)c1ccccc1O. The molecule has 0 bridgehead atoms. The summed E-state index contributed by atoms with van der Waals surface area (Å²) in [6.07, 6.45) is 3.35. The maximum absolute atomic E-state index is 12.0. The molecule has 2 heterocycles. The molecule has 0 radical (unpaired) electrons. The van der Waals surface area contributed by atoms with Crippen molar-refractivity contribution in [2.45, 2.75) is 0 Å². The van der Waals surface area contributed by atoms with Crippen LogP contribution in [0.1, 0.15) is 10.4 Å². The largest absolute Gasteiger partial charge is 0.507 e. The van der Waals surface area contributed by atoms with Crippen LogP contribution >= 0.6 is 0 Å². The van der Waals surface area contributed by atoms with E-state index in [4.69, 9.17) is 0 Å². The Kier molecular flexibility index (Phi) is 3.34. The van der Waals surface area contributed by atoms with Crippen molar-refractivity contribution in [1.82, 2.24) is 15.2 Å². The quantitative estimate of drug-likeness (QED) is 0.687. The molecule has 0 fully saturated rings. The van der Waals surface area contributed by atoms with Crippen LogP contribution in [0.3, 0.4) is 0 Å². The van der Waals surface area contributed by atoms with Gasteiger partial charge in [-0.2, -0.15) is 5.10 Å². The highest BCUT2D eigenvalue weighted by Gasteiger charge is 2.12. The van der Waals surface area contributed by atoms with Gasteiger partial charge in [-0.3, -0.25) is 14.9 Å². The van der Waals surface area contributed by atoms with Gasteiger partial charge >= 0.3 is 0 Å². The fourth-order valence-corrected chi connectivity index (χ4v) is 1.91. The van der Waals surface area contributed by atoms with E-state index in [0.29, 0.717) is 5.82 Å². The first-order valence-electron chi connectivity index (χ1n) is 6.29. The molecule has 0 aliphatic heterocycles. The van der Waals surface area contributed by atoms with Gasteiger partial charge in [-0.25, -0.2) is 0 Å². The molecule has 2 aromatic heterocycles. The number of rotatable bonds is 3. The van der Waals surface area contributed by atoms with Crippen molar-refractivity contribution in [2.24, 2.45) is 0 Å². The molecule has 1 aromatic carbocycles. The summed E-state index contributed by atoms with van der Waals surface area (Å²) in [4.78, 5) is 16.0. The van der Waals surface area contributed by atoms with Crippen LogP contribution in [-0.2, 0) is 0 Å². The lowest BCUT2D eigenvalue weighted by atomic mass is 10.2. The highest BCUT2D eigenvalue weighted by Crippen LogP contribution is 2.20. The Labute approximate surface area is 120 Å².